The Labute approximate surface area is 50.0 Å². The van der Waals surface area contributed by atoms with Crippen LogP contribution in [0.5, 0.6) is 0 Å². The van der Waals surface area contributed by atoms with Gasteiger partial charge in [0.1, 0.15) is 0 Å². The zero-order valence-corrected chi connectivity index (χ0v) is 5.26. The molecule has 8 heavy (non-hydrogen) atoms. The number of hydrogen-bond acceptors (Lipinski definition) is 1. The predicted molar refractivity (Wildman–Crippen MR) is 31.7 cm³/mol. The topological polar surface area (TPSA) is 12.5 Å². The van der Waals surface area contributed by atoms with Crippen molar-refractivity contribution < 1.29 is 4.74 Å². The number of ether oxygens (including phenoxy) is 1. The average molecular weight is 112 g/mol. The Hall–Kier alpha value is -0.0400. The molecule has 1 heterocycles. The van der Waals surface area contributed by atoms with Crippen molar-refractivity contribution in [2.75, 3.05) is 0 Å². The molecule has 1 saturated carbocycles. The smallest absolute Gasteiger partial charge is 0.0844 e. The predicted octanol–water partition coefficient (Wildman–Crippen LogP) is 1.57. The molecule has 1 aliphatic heterocycles. The van der Waals surface area contributed by atoms with E-state index in [1.807, 2.05) is 0 Å². The first-order valence-corrected chi connectivity index (χ1v) is 3.52. The van der Waals surface area contributed by atoms with Crippen molar-refractivity contribution in [3.63, 3.8) is 0 Å². The number of rotatable bonds is 0. The highest BCUT2D eigenvalue weighted by atomic mass is 16.6. The van der Waals surface area contributed by atoms with E-state index in [4.69, 9.17) is 4.74 Å². The lowest BCUT2D eigenvalue weighted by molar-refractivity contribution is 0.367. The van der Waals surface area contributed by atoms with E-state index in [0.29, 0.717) is 12.2 Å². The van der Waals surface area contributed by atoms with Crippen LogP contribution in [0.15, 0.2) is 0 Å². The van der Waals surface area contributed by atoms with Gasteiger partial charge in [-0.25, -0.2) is 0 Å². The Morgan fingerprint density at radius 2 is 2.12 bits per heavy atom. The van der Waals surface area contributed by atoms with Crippen LogP contribution in [-0.4, -0.2) is 12.2 Å². The standard InChI is InChI=1S/C7H12O/c1-5-2-3-6-7(4-5)8-6/h5-7H,2-4H2,1H3/t5?,6-,7-/m1/s1. The van der Waals surface area contributed by atoms with Crippen LogP contribution >= 0.6 is 0 Å². The molecule has 0 amide bonds. The molecule has 2 fully saturated rings. The SMILES string of the molecule is CC1CC[C@H]2O[C@@H]2C1. The van der Waals surface area contributed by atoms with Crippen LogP contribution in [0.4, 0.5) is 0 Å². The first-order valence-electron chi connectivity index (χ1n) is 3.52. The van der Waals surface area contributed by atoms with Gasteiger partial charge >= 0.3 is 0 Å². The summed E-state index contributed by atoms with van der Waals surface area (Å²) in [5.74, 6) is 0.929. The Kier molecular flexibility index (Phi) is 0.884. The van der Waals surface area contributed by atoms with E-state index in [0.717, 1.165) is 5.92 Å². The molecule has 0 bridgehead atoms. The summed E-state index contributed by atoms with van der Waals surface area (Å²) in [5.41, 5.74) is 0. The van der Waals surface area contributed by atoms with E-state index in [1.54, 1.807) is 0 Å². The molecule has 0 spiro atoms. The normalized spacial score (nSPS) is 52.9. The molecular weight excluding hydrogens is 100 g/mol. The van der Waals surface area contributed by atoms with Crippen molar-refractivity contribution in [2.45, 2.75) is 38.4 Å². The van der Waals surface area contributed by atoms with Crippen LogP contribution in [-0.2, 0) is 4.74 Å². The highest BCUT2D eigenvalue weighted by Crippen LogP contribution is 2.38. The summed E-state index contributed by atoms with van der Waals surface area (Å²) in [5, 5.41) is 0. The summed E-state index contributed by atoms with van der Waals surface area (Å²) >= 11 is 0. The Morgan fingerprint density at radius 3 is 2.75 bits per heavy atom. The first-order chi connectivity index (χ1) is 3.86. The van der Waals surface area contributed by atoms with Crippen LogP contribution in [0.1, 0.15) is 26.2 Å². The summed E-state index contributed by atoms with van der Waals surface area (Å²) in [4.78, 5) is 0. The third kappa shape index (κ3) is 0.655. The lowest BCUT2D eigenvalue weighted by Crippen LogP contribution is -2.09. The van der Waals surface area contributed by atoms with E-state index < -0.39 is 0 Å². The van der Waals surface area contributed by atoms with Gasteiger partial charge in [0.15, 0.2) is 0 Å². The van der Waals surface area contributed by atoms with Crippen LogP contribution < -0.4 is 0 Å². The van der Waals surface area contributed by atoms with Crippen molar-refractivity contribution in [2.24, 2.45) is 5.92 Å². The highest BCUT2D eigenvalue weighted by molar-refractivity contribution is 4.90. The van der Waals surface area contributed by atoms with Gasteiger partial charge in [0.25, 0.3) is 0 Å². The van der Waals surface area contributed by atoms with E-state index in [-0.39, 0.29) is 0 Å². The highest BCUT2D eigenvalue weighted by Gasteiger charge is 2.42. The van der Waals surface area contributed by atoms with Gasteiger partial charge in [-0.3, -0.25) is 0 Å². The molecule has 2 aliphatic rings. The fraction of sp³-hybridized carbons (Fsp3) is 1.00. The second kappa shape index (κ2) is 1.47. The number of epoxide rings is 1. The summed E-state index contributed by atoms with van der Waals surface area (Å²) in [6, 6.07) is 0. The van der Waals surface area contributed by atoms with Crippen molar-refractivity contribution in [1.82, 2.24) is 0 Å². The molecule has 1 heteroatoms. The van der Waals surface area contributed by atoms with Crippen LogP contribution in [0.3, 0.4) is 0 Å². The van der Waals surface area contributed by atoms with Crippen molar-refractivity contribution in [3.8, 4) is 0 Å². The average Bonchev–Trinajstić information content (AvgIpc) is 2.43. The monoisotopic (exact) mass is 112 g/mol. The molecule has 1 nitrogen and oxygen atoms in total. The van der Waals surface area contributed by atoms with Crippen molar-refractivity contribution in [3.05, 3.63) is 0 Å². The molecule has 1 saturated heterocycles. The molecule has 0 N–H and O–H groups in total. The summed E-state index contributed by atoms with van der Waals surface area (Å²) in [6.45, 7) is 2.32. The largest absolute Gasteiger partial charge is 0.370 e. The summed E-state index contributed by atoms with van der Waals surface area (Å²) < 4.78 is 5.35. The fourth-order valence-corrected chi connectivity index (χ4v) is 1.60. The molecule has 3 atom stereocenters. The third-order valence-electron chi connectivity index (χ3n) is 2.27. The molecular formula is C7H12O. The number of hydrogen-bond donors (Lipinski definition) is 0. The second-order valence-corrected chi connectivity index (χ2v) is 3.13. The van der Waals surface area contributed by atoms with Crippen LogP contribution in [0, 0.1) is 5.92 Å². The van der Waals surface area contributed by atoms with Crippen LogP contribution in [0.25, 0.3) is 0 Å². The third-order valence-corrected chi connectivity index (χ3v) is 2.27. The van der Waals surface area contributed by atoms with Gasteiger partial charge in [-0.1, -0.05) is 6.92 Å². The Morgan fingerprint density at radius 1 is 1.25 bits per heavy atom. The fourth-order valence-electron chi connectivity index (χ4n) is 1.60. The maximum atomic E-state index is 5.35. The quantitative estimate of drug-likeness (QED) is 0.433. The minimum Gasteiger partial charge on any atom is -0.370 e. The maximum absolute atomic E-state index is 5.35. The molecule has 0 aromatic carbocycles. The van der Waals surface area contributed by atoms with Gasteiger partial charge in [-0.05, 0) is 25.2 Å². The molecule has 1 aliphatic carbocycles. The number of fused-ring (bicyclic) bond motifs is 1. The zero-order chi connectivity index (χ0) is 5.56. The first kappa shape index (κ1) is 4.80. The summed E-state index contributed by atoms with van der Waals surface area (Å²) in [6.07, 6.45) is 5.41. The molecule has 46 valence electrons. The lowest BCUT2D eigenvalue weighted by Gasteiger charge is -2.11. The molecule has 0 radical (unpaired) electrons. The van der Waals surface area contributed by atoms with Gasteiger partial charge < -0.3 is 4.74 Å². The minimum atomic E-state index is 0.679. The molecule has 0 aromatic heterocycles. The van der Waals surface area contributed by atoms with Crippen molar-refractivity contribution >= 4 is 0 Å². The van der Waals surface area contributed by atoms with Crippen LogP contribution in [0.2, 0.25) is 0 Å². The van der Waals surface area contributed by atoms with Gasteiger partial charge in [-0.15, -0.1) is 0 Å². The summed E-state index contributed by atoms with van der Waals surface area (Å²) in [7, 11) is 0. The van der Waals surface area contributed by atoms with E-state index in [9.17, 15) is 0 Å². The lowest BCUT2D eigenvalue weighted by atomic mass is 9.91. The van der Waals surface area contributed by atoms with Gasteiger partial charge in [0.05, 0.1) is 12.2 Å². The Bertz CT molecular complexity index is 101. The van der Waals surface area contributed by atoms with Gasteiger partial charge in [0, 0.05) is 0 Å². The van der Waals surface area contributed by atoms with Gasteiger partial charge in [-0.2, -0.15) is 0 Å². The van der Waals surface area contributed by atoms with E-state index in [1.165, 1.54) is 19.3 Å². The maximum Gasteiger partial charge on any atom is 0.0844 e. The van der Waals surface area contributed by atoms with Crippen molar-refractivity contribution in [1.29, 1.82) is 0 Å². The Balaban J connectivity index is 1.93. The second-order valence-electron chi connectivity index (χ2n) is 3.13. The molecule has 2 rings (SSSR count). The van der Waals surface area contributed by atoms with Gasteiger partial charge in [0.2, 0.25) is 0 Å². The molecule has 1 unspecified atom stereocenters. The minimum absolute atomic E-state index is 0.679. The molecule has 0 aromatic rings. The van der Waals surface area contributed by atoms with E-state index in [2.05, 4.69) is 6.92 Å². The van der Waals surface area contributed by atoms with E-state index >= 15 is 0 Å². The zero-order valence-electron chi connectivity index (χ0n) is 5.26.